The number of thiazole rings is 1. The Kier molecular flexibility index (Phi) is 6.84. The molecule has 1 atom stereocenters. The summed E-state index contributed by atoms with van der Waals surface area (Å²) in [4.78, 5) is 31.4. The van der Waals surface area contributed by atoms with Crippen LogP contribution in [0.1, 0.15) is 24.1 Å². The molecule has 0 aliphatic carbocycles. The number of nitrogens with zero attached hydrogens (tertiary/aromatic N) is 2. The Bertz CT molecular complexity index is 1510. The van der Waals surface area contributed by atoms with Crippen LogP contribution in [0.2, 0.25) is 10.0 Å². The molecule has 3 aromatic rings. The fraction of sp³-hybridized carbons (Fsp3) is 0.208. The Morgan fingerprint density at radius 3 is 2.47 bits per heavy atom. The van der Waals surface area contributed by atoms with E-state index in [1.807, 2.05) is 0 Å². The fourth-order valence-electron chi connectivity index (χ4n) is 3.79. The number of hydrogen-bond donors (Lipinski definition) is 0. The SMILES string of the molecule is COC(=O)C1=C(C)N=c2s/c(=C/c3ccc(Cl)cc3Cl)c(=O)n2[C@@H]1c1ccc(OC)c(OC)c1. The van der Waals surface area contributed by atoms with Gasteiger partial charge in [0.25, 0.3) is 5.56 Å². The lowest BCUT2D eigenvalue weighted by Crippen LogP contribution is -2.39. The third-order valence-corrected chi connectivity index (χ3v) is 6.94. The van der Waals surface area contributed by atoms with Gasteiger partial charge in [-0.15, -0.1) is 0 Å². The molecule has 2 heterocycles. The highest BCUT2D eigenvalue weighted by molar-refractivity contribution is 7.07. The molecular formula is C24H20Cl2N2O5S. The lowest BCUT2D eigenvalue weighted by Gasteiger charge is -2.25. The number of hydrogen-bond acceptors (Lipinski definition) is 7. The Balaban J connectivity index is 1.99. The third kappa shape index (κ3) is 4.24. The fourth-order valence-corrected chi connectivity index (χ4v) is 5.29. The van der Waals surface area contributed by atoms with E-state index in [1.54, 1.807) is 49.4 Å². The molecule has 0 saturated heterocycles. The Morgan fingerprint density at radius 2 is 1.82 bits per heavy atom. The van der Waals surface area contributed by atoms with Crippen molar-refractivity contribution in [2.24, 2.45) is 4.99 Å². The van der Waals surface area contributed by atoms with Gasteiger partial charge in [0.2, 0.25) is 0 Å². The summed E-state index contributed by atoms with van der Waals surface area (Å²) in [5.74, 6) is 0.418. The van der Waals surface area contributed by atoms with Gasteiger partial charge in [-0.1, -0.05) is 46.7 Å². The topological polar surface area (TPSA) is 79.1 Å². The van der Waals surface area contributed by atoms with Crippen LogP contribution in [-0.4, -0.2) is 31.9 Å². The van der Waals surface area contributed by atoms with E-state index in [1.165, 1.54) is 37.2 Å². The minimum Gasteiger partial charge on any atom is -0.493 e. The van der Waals surface area contributed by atoms with Crippen molar-refractivity contribution in [2.45, 2.75) is 13.0 Å². The molecule has 1 aliphatic rings. The number of carbonyl (C=O) groups is 1. The molecule has 7 nitrogen and oxygen atoms in total. The van der Waals surface area contributed by atoms with Crippen molar-refractivity contribution in [1.82, 2.24) is 4.57 Å². The summed E-state index contributed by atoms with van der Waals surface area (Å²) in [7, 11) is 4.35. The maximum absolute atomic E-state index is 13.6. The first-order chi connectivity index (χ1) is 16.3. The monoisotopic (exact) mass is 518 g/mol. The van der Waals surface area contributed by atoms with Crippen LogP contribution < -0.4 is 24.4 Å². The van der Waals surface area contributed by atoms with Crippen molar-refractivity contribution >= 4 is 46.6 Å². The number of esters is 1. The van der Waals surface area contributed by atoms with Crippen LogP contribution in [0.25, 0.3) is 6.08 Å². The van der Waals surface area contributed by atoms with Crippen LogP contribution in [0.15, 0.2) is 57.5 Å². The number of methoxy groups -OCH3 is 3. The van der Waals surface area contributed by atoms with Crippen molar-refractivity contribution < 1.29 is 19.0 Å². The second kappa shape index (κ2) is 9.66. The molecule has 10 heteroatoms. The maximum atomic E-state index is 13.6. The number of allylic oxidation sites excluding steroid dienone is 1. The molecule has 0 amide bonds. The largest absolute Gasteiger partial charge is 0.493 e. The summed E-state index contributed by atoms with van der Waals surface area (Å²) in [6.07, 6.45) is 1.69. The van der Waals surface area contributed by atoms with E-state index in [9.17, 15) is 9.59 Å². The lowest BCUT2D eigenvalue weighted by atomic mass is 9.95. The Hall–Kier alpha value is -3.07. The number of benzene rings is 2. The van der Waals surface area contributed by atoms with Gasteiger partial charge in [0.1, 0.15) is 0 Å². The summed E-state index contributed by atoms with van der Waals surface area (Å²) < 4.78 is 17.7. The van der Waals surface area contributed by atoms with Gasteiger partial charge in [-0.3, -0.25) is 9.36 Å². The lowest BCUT2D eigenvalue weighted by molar-refractivity contribution is -0.136. The summed E-state index contributed by atoms with van der Waals surface area (Å²) in [6, 6.07) is 9.51. The van der Waals surface area contributed by atoms with Crippen LogP contribution >= 0.6 is 34.5 Å². The summed E-state index contributed by atoms with van der Waals surface area (Å²) in [5, 5.41) is 0.914. The van der Waals surface area contributed by atoms with Crippen molar-refractivity contribution in [3.05, 3.63) is 88.5 Å². The van der Waals surface area contributed by atoms with Crippen LogP contribution in [0.3, 0.4) is 0 Å². The van der Waals surface area contributed by atoms with Crippen LogP contribution in [0.5, 0.6) is 11.5 Å². The van der Waals surface area contributed by atoms with Crippen molar-refractivity contribution in [3.8, 4) is 11.5 Å². The molecule has 1 aromatic heterocycles. The molecule has 0 saturated carbocycles. The van der Waals surface area contributed by atoms with Crippen molar-refractivity contribution in [1.29, 1.82) is 0 Å². The second-order valence-corrected chi connectivity index (χ2v) is 9.21. The maximum Gasteiger partial charge on any atom is 0.338 e. The minimum atomic E-state index is -0.772. The van der Waals surface area contributed by atoms with Crippen LogP contribution in [0.4, 0.5) is 0 Å². The van der Waals surface area contributed by atoms with E-state index >= 15 is 0 Å². The first-order valence-electron chi connectivity index (χ1n) is 10.1. The van der Waals surface area contributed by atoms with E-state index < -0.39 is 12.0 Å². The smallest absolute Gasteiger partial charge is 0.338 e. The molecule has 0 radical (unpaired) electrons. The minimum absolute atomic E-state index is 0.262. The molecule has 0 bridgehead atoms. The zero-order valence-electron chi connectivity index (χ0n) is 18.7. The molecule has 0 fully saturated rings. The first kappa shape index (κ1) is 24.1. The van der Waals surface area contributed by atoms with E-state index in [2.05, 4.69) is 4.99 Å². The van der Waals surface area contributed by atoms with Gasteiger partial charge in [0.05, 0.1) is 43.2 Å². The molecule has 1 aliphatic heterocycles. The summed E-state index contributed by atoms with van der Waals surface area (Å²) >= 11 is 13.5. The molecule has 0 unspecified atom stereocenters. The third-order valence-electron chi connectivity index (χ3n) is 5.40. The second-order valence-electron chi connectivity index (χ2n) is 7.35. The number of halogens is 2. The number of aromatic nitrogens is 1. The number of carbonyl (C=O) groups excluding carboxylic acids is 1. The van der Waals surface area contributed by atoms with Gasteiger partial charge >= 0.3 is 5.97 Å². The van der Waals surface area contributed by atoms with Gasteiger partial charge in [-0.2, -0.15) is 0 Å². The van der Waals surface area contributed by atoms with Gasteiger partial charge in [-0.05, 0) is 48.4 Å². The number of ether oxygens (including phenoxy) is 3. The van der Waals surface area contributed by atoms with Gasteiger partial charge in [0.15, 0.2) is 16.3 Å². The van der Waals surface area contributed by atoms with Crippen molar-refractivity contribution in [3.63, 3.8) is 0 Å². The number of rotatable bonds is 5. The van der Waals surface area contributed by atoms with E-state index in [4.69, 9.17) is 37.4 Å². The van der Waals surface area contributed by atoms with Crippen molar-refractivity contribution in [2.75, 3.05) is 21.3 Å². The molecule has 0 spiro atoms. The highest BCUT2D eigenvalue weighted by Crippen LogP contribution is 2.36. The molecule has 2 aromatic carbocycles. The predicted molar refractivity (Wildman–Crippen MR) is 132 cm³/mol. The average molecular weight is 519 g/mol. The zero-order valence-corrected chi connectivity index (χ0v) is 21.0. The normalized spacial score (nSPS) is 15.6. The highest BCUT2D eigenvalue weighted by Gasteiger charge is 2.33. The van der Waals surface area contributed by atoms with Gasteiger partial charge in [-0.25, -0.2) is 9.79 Å². The van der Waals surface area contributed by atoms with Gasteiger partial charge in [0, 0.05) is 10.0 Å². The highest BCUT2D eigenvalue weighted by atomic mass is 35.5. The Morgan fingerprint density at radius 1 is 1.09 bits per heavy atom. The quantitative estimate of drug-likeness (QED) is 0.480. The zero-order chi connectivity index (χ0) is 24.6. The van der Waals surface area contributed by atoms with E-state index in [-0.39, 0.29) is 11.1 Å². The molecule has 0 N–H and O–H groups in total. The predicted octanol–water partition coefficient (Wildman–Crippen LogP) is 3.73. The number of fused-ring (bicyclic) bond motifs is 1. The van der Waals surface area contributed by atoms with E-state index in [0.29, 0.717) is 47.7 Å². The summed E-state index contributed by atoms with van der Waals surface area (Å²) in [5.41, 5.74) is 1.69. The van der Waals surface area contributed by atoms with Crippen LogP contribution in [0, 0.1) is 0 Å². The molecular weight excluding hydrogens is 499 g/mol. The standard InChI is InChI=1S/C24H20Cl2N2O5S/c1-12-20(23(30)33-4)21(14-6-8-17(31-2)18(9-14)32-3)28-22(29)19(34-24(28)27-12)10-13-5-7-15(25)11-16(13)26/h5-11,21H,1-4H3/b19-10+/t21-/m1/s1. The van der Waals surface area contributed by atoms with E-state index in [0.717, 1.165) is 0 Å². The summed E-state index contributed by atoms with van der Waals surface area (Å²) in [6.45, 7) is 1.72. The molecule has 34 heavy (non-hydrogen) atoms. The Labute approximate surface area is 209 Å². The molecule has 176 valence electrons. The first-order valence-corrected chi connectivity index (χ1v) is 11.6. The van der Waals surface area contributed by atoms with Crippen LogP contribution in [-0.2, 0) is 9.53 Å². The van der Waals surface area contributed by atoms with Gasteiger partial charge < -0.3 is 14.2 Å². The molecule has 4 rings (SSSR count). The average Bonchev–Trinajstić information content (AvgIpc) is 3.13.